The van der Waals surface area contributed by atoms with Gasteiger partial charge in [0.15, 0.2) is 0 Å². The molecule has 0 bridgehead atoms. The van der Waals surface area contributed by atoms with Gasteiger partial charge in [0, 0.05) is 11.6 Å². The third-order valence-electron chi connectivity index (χ3n) is 5.80. The van der Waals surface area contributed by atoms with Crippen LogP contribution in [-0.2, 0) is 16.0 Å². The normalized spacial score (nSPS) is 12.7. The highest BCUT2D eigenvalue weighted by Crippen LogP contribution is 2.44. The summed E-state index contributed by atoms with van der Waals surface area (Å²) in [5, 5.41) is 11.3. The second kappa shape index (κ2) is 8.65. The summed E-state index contributed by atoms with van der Waals surface area (Å²) in [6, 6.07) is 17.6. The van der Waals surface area contributed by atoms with Gasteiger partial charge >= 0.3 is 19.0 Å². The number of halogens is 3. The number of carbonyl (C=O) groups is 2. The largest absolute Gasteiger partial charge is 0.509 e. The minimum atomic E-state index is -5.40. The fraction of sp³-hybridized carbons (Fsp3) is 0.167. The number of fused-ring (bicyclic) bond motifs is 3. The van der Waals surface area contributed by atoms with Gasteiger partial charge in [0.25, 0.3) is 0 Å². The maximum atomic E-state index is 13.5. The Hall–Kier alpha value is -3.75. The van der Waals surface area contributed by atoms with Gasteiger partial charge < -0.3 is 22.8 Å². The third kappa shape index (κ3) is 4.57. The van der Waals surface area contributed by atoms with Crippen molar-refractivity contribution in [1.29, 1.82) is 0 Å². The van der Waals surface area contributed by atoms with Crippen LogP contribution in [0.5, 0.6) is 0 Å². The third-order valence-corrected chi connectivity index (χ3v) is 5.80. The van der Waals surface area contributed by atoms with E-state index < -0.39 is 30.9 Å². The number of aliphatic carboxylic acids is 1. The zero-order valence-corrected chi connectivity index (χ0v) is 17.6. The van der Waals surface area contributed by atoms with Gasteiger partial charge in [0.2, 0.25) is 0 Å². The number of amides is 1. The van der Waals surface area contributed by atoms with E-state index in [0.29, 0.717) is 0 Å². The van der Waals surface area contributed by atoms with Crippen LogP contribution in [0.25, 0.3) is 11.1 Å². The number of anilines is 1. The molecule has 3 aromatic carbocycles. The van der Waals surface area contributed by atoms with Gasteiger partial charge in [0.1, 0.15) is 6.61 Å². The molecule has 2 N–H and O–H groups in total. The average molecular weight is 454 g/mol. The lowest BCUT2D eigenvalue weighted by Crippen LogP contribution is -2.37. The molecule has 0 unspecified atom stereocenters. The molecule has 0 atom stereocenters. The van der Waals surface area contributed by atoms with Crippen LogP contribution in [0.15, 0.2) is 60.7 Å². The van der Waals surface area contributed by atoms with E-state index in [1.807, 2.05) is 48.5 Å². The summed E-state index contributed by atoms with van der Waals surface area (Å²) in [4.78, 5) is 23.5. The van der Waals surface area contributed by atoms with Gasteiger partial charge in [-0.1, -0.05) is 60.2 Å². The molecule has 0 aliphatic heterocycles. The smallest absolute Gasteiger partial charge is 0.481 e. The van der Waals surface area contributed by atoms with Crippen LogP contribution in [0.4, 0.5) is 23.4 Å². The van der Waals surface area contributed by atoms with Gasteiger partial charge in [-0.05, 0) is 40.8 Å². The Labute approximate surface area is 188 Å². The van der Waals surface area contributed by atoms with Crippen LogP contribution >= 0.6 is 0 Å². The highest BCUT2D eigenvalue weighted by atomic mass is 19.4. The standard InChI is InChI=1S/C24H20BF3NO4/c1-14-21(25(26,27)28)10-15(12-23(30)31)11-22(14)29-24(32)33-13-20-18-8-4-2-6-16(18)17-7-3-5-9-19(17)20/h2-11,20H,12-13H2,1H3,(H,29,32)(H,30,31)/q-1. The number of benzene rings is 3. The maximum absolute atomic E-state index is 13.5. The molecule has 170 valence electrons. The van der Waals surface area contributed by atoms with Gasteiger partial charge in [0.05, 0.1) is 6.42 Å². The fourth-order valence-corrected chi connectivity index (χ4v) is 4.29. The monoisotopic (exact) mass is 454 g/mol. The van der Waals surface area contributed by atoms with Gasteiger partial charge in [-0.3, -0.25) is 10.1 Å². The van der Waals surface area contributed by atoms with Crippen molar-refractivity contribution in [2.75, 3.05) is 11.9 Å². The molecular formula is C24H20BF3NO4-. The van der Waals surface area contributed by atoms with E-state index in [1.165, 1.54) is 13.0 Å². The van der Waals surface area contributed by atoms with E-state index in [0.717, 1.165) is 28.3 Å². The van der Waals surface area contributed by atoms with Gasteiger partial charge in [-0.25, -0.2) is 4.79 Å². The molecule has 0 saturated carbocycles. The Morgan fingerprint density at radius 2 is 1.58 bits per heavy atom. The highest BCUT2D eigenvalue weighted by molar-refractivity contribution is 6.74. The first kappa shape index (κ1) is 22.4. The van der Waals surface area contributed by atoms with Crippen molar-refractivity contribution in [3.63, 3.8) is 0 Å². The molecule has 1 amide bonds. The molecule has 5 nitrogen and oxygen atoms in total. The minimum Gasteiger partial charge on any atom is -0.481 e. The number of hydrogen-bond donors (Lipinski definition) is 2. The Balaban J connectivity index is 1.55. The van der Waals surface area contributed by atoms with E-state index in [-0.39, 0.29) is 29.3 Å². The van der Waals surface area contributed by atoms with Gasteiger partial charge in [-0.15, -0.1) is 5.46 Å². The van der Waals surface area contributed by atoms with E-state index in [4.69, 9.17) is 9.84 Å². The molecule has 3 aromatic rings. The quantitative estimate of drug-likeness (QED) is 0.512. The highest BCUT2D eigenvalue weighted by Gasteiger charge is 2.31. The van der Waals surface area contributed by atoms with Crippen molar-refractivity contribution in [2.45, 2.75) is 19.3 Å². The van der Waals surface area contributed by atoms with Crippen molar-refractivity contribution < 1.29 is 32.4 Å². The SMILES string of the molecule is Cc1c(NC(=O)OCC2c3ccccc3-c3ccccc32)cc(CC(=O)O)cc1[B-](F)(F)F. The van der Waals surface area contributed by atoms with E-state index in [2.05, 4.69) is 5.32 Å². The van der Waals surface area contributed by atoms with Crippen LogP contribution in [0, 0.1) is 6.92 Å². The van der Waals surface area contributed by atoms with Crippen molar-refractivity contribution >= 4 is 30.2 Å². The summed E-state index contributed by atoms with van der Waals surface area (Å²) >= 11 is 0. The van der Waals surface area contributed by atoms with Crippen LogP contribution in [0.3, 0.4) is 0 Å². The van der Waals surface area contributed by atoms with E-state index >= 15 is 0 Å². The molecule has 0 fully saturated rings. The van der Waals surface area contributed by atoms with Gasteiger partial charge in [-0.2, -0.15) is 0 Å². The molecule has 1 aliphatic carbocycles. The van der Waals surface area contributed by atoms with Crippen LogP contribution in [0.1, 0.15) is 28.2 Å². The molecule has 0 spiro atoms. The number of rotatable bonds is 6. The predicted octanol–water partition coefficient (Wildman–Crippen LogP) is 5.04. The summed E-state index contributed by atoms with van der Waals surface area (Å²) in [5.41, 5.74) is 2.80. The molecule has 9 heteroatoms. The Morgan fingerprint density at radius 3 is 2.12 bits per heavy atom. The number of hydrogen-bond acceptors (Lipinski definition) is 3. The zero-order valence-electron chi connectivity index (χ0n) is 17.6. The van der Waals surface area contributed by atoms with E-state index in [1.54, 1.807) is 0 Å². The Bertz CT molecular complexity index is 1200. The summed E-state index contributed by atoms with van der Waals surface area (Å²) in [5.74, 6) is -1.47. The van der Waals surface area contributed by atoms with Crippen molar-refractivity contribution in [2.24, 2.45) is 0 Å². The number of carboxylic acids is 1. The lowest BCUT2D eigenvalue weighted by molar-refractivity contribution is -0.136. The second-order valence-corrected chi connectivity index (χ2v) is 7.95. The Morgan fingerprint density at radius 1 is 1.00 bits per heavy atom. The topological polar surface area (TPSA) is 75.6 Å². The predicted molar refractivity (Wildman–Crippen MR) is 120 cm³/mol. The first-order chi connectivity index (χ1) is 15.6. The molecule has 0 saturated heterocycles. The van der Waals surface area contributed by atoms with Crippen molar-refractivity contribution in [1.82, 2.24) is 0 Å². The molecule has 0 heterocycles. The summed E-state index contributed by atoms with van der Waals surface area (Å²) < 4.78 is 45.9. The van der Waals surface area contributed by atoms with Crippen molar-refractivity contribution in [3.05, 3.63) is 82.9 Å². The number of ether oxygens (including phenoxy) is 1. The zero-order chi connectivity index (χ0) is 23.8. The first-order valence-corrected chi connectivity index (χ1v) is 10.3. The summed E-state index contributed by atoms with van der Waals surface area (Å²) in [6.07, 6.45) is -1.51. The second-order valence-electron chi connectivity index (χ2n) is 7.95. The molecular weight excluding hydrogens is 434 g/mol. The number of carbonyl (C=O) groups excluding carboxylic acids is 1. The molecule has 33 heavy (non-hydrogen) atoms. The molecule has 1 aliphatic rings. The van der Waals surface area contributed by atoms with E-state index in [9.17, 15) is 22.5 Å². The maximum Gasteiger partial charge on any atom is 0.509 e. The lowest BCUT2D eigenvalue weighted by Gasteiger charge is -2.22. The fourth-order valence-electron chi connectivity index (χ4n) is 4.29. The van der Waals surface area contributed by atoms with Crippen LogP contribution < -0.4 is 10.8 Å². The molecule has 0 aromatic heterocycles. The number of carboxylic acid groups (broad SMARTS) is 1. The van der Waals surface area contributed by atoms with Crippen LogP contribution in [0.2, 0.25) is 0 Å². The summed E-state index contributed by atoms with van der Waals surface area (Å²) in [6.45, 7) is -4.16. The molecule has 4 rings (SSSR count). The van der Waals surface area contributed by atoms with Crippen LogP contribution in [-0.4, -0.2) is 30.8 Å². The molecule has 0 radical (unpaired) electrons. The Kier molecular flexibility index (Phi) is 5.89. The summed E-state index contributed by atoms with van der Waals surface area (Å²) in [7, 11) is 0. The average Bonchev–Trinajstić information content (AvgIpc) is 3.07. The minimum absolute atomic E-state index is 0.00376. The number of nitrogens with one attached hydrogen (secondary N) is 1. The van der Waals surface area contributed by atoms with Crippen molar-refractivity contribution in [3.8, 4) is 11.1 Å². The lowest BCUT2D eigenvalue weighted by atomic mass is 9.75. The first-order valence-electron chi connectivity index (χ1n) is 10.3.